The van der Waals surface area contributed by atoms with Crippen LogP contribution in [0.4, 0.5) is 10.5 Å². The first-order valence-corrected chi connectivity index (χ1v) is 10.7. The second kappa shape index (κ2) is 10.9. The minimum Gasteiger partial charge on any atom is -0.493 e. The number of hydrogen-bond acceptors (Lipinski definition) is 9. The second-order valence-electron chi connectivity index (χ2n) is 6.36. The maximum Gasteiger partial charge on any atom is 0.432 e. The topological polar surface area (TPSA) is 143 Å². The molecule has 33 heavy (non-hydrogen) atoms. The second-order valence-corrected chi connectivity index (χ2v) is 7.16. The van der Waals surface area contributed by atoms with Gasteiger partial charge >= 0.3 is 6.09 Å². The van der Waals surface area contributed by atoms with Gasteiger partial charge in [0.1, 0.15) is 16.8 Å². The third kappa shape index (κ3) is 5.96. The zero-order valence-electron chi connectivity index (χ0n) is 18.0. The smallest absolute Gasteiger partial charge is 0.432 e. The lowest BCUT2D eigenvalue weighted by Crippen LogP contribution is -2.14. The third-order valence-electron chi connectivity index (χ3n) is 4.22. The summed E-state index contributed by atoms with van der Waals surface area (Å²) in [4.78, 5) is 23.8. The van der Waals surface area contributed by atoms with E-state index >= 15 is 0 Å². The fourth-order valence-corrected chi connectivity index (χ4v) is 3.32. The van der Waals surface area contributed by atoms with E-state index in [0.717, 1.165) is 17.3 Å². The Morgan fingerprint density at radius 2 is 2.00 bits per heavy atom. The van der Waals surface area contributed by atoms with Crippen LogP contribution in [0.25, 0.3) is 11.4 Å². The normalized spacial score (nSPS) is 11.7. The summed E-state index contributed by atoms with van der Waals surface area (Å²) in [6.07, 6.45) is 0.372. The van der Waals surface area contributed by atoms with E-state index in [0.29, 0.717) is 40.2 Å². The van der Waals surface area contributed by atoms with E-state index in [9.17, 15) is 9.90 Å². The molecular weight excluding hydrogens is 446 g/mol. The Bertz CT molecular complexity index is 1240. The summed E-state index contributed by atoms with van der Waals surface area (Å²) in [5.74, 6) is 1.66. The summed E-state index contributed by atoms with van der Waals surface area (Å²) >= 11 is 1.15. The van der Waals surface area contributed by atoms with Crippen molar-refractivity contribution in [3.05, 3.63) is 53.9 Å². The predicted molar refractivity (Wildman–Crippen MR) is 124 cm³/mol. The van der Waals surface area contributed by atoms with E-state index in [1.165, 1.54) is 7.11 Å². The fraction of sp³-hybridized carbons (Fsp3) is 0.182. The highest BCUT2D eigenvalue weighted by atomic mass is 32.2. The quantitative estimate of drug-likeness (QED) is 0.393. The average Bonchev–Trinajstić information content (AvgIpc) is 3.26. The molecule has 0 fully saturated rings. The number of benzene rings is 2. The van der Waals surface area contributed by atoms with Gasteiger partial charge in [0.05, 0.1) is 12.8 Å². The van der Waals surface area contributed by atoms with Gasteiger partial charge in [-0.15, -0.1) is 11.8 Å². The van der Waals surface area contributed by atoms with Crippen LogP contribution < -0.4 is 9.47 Å². The highest BCUT2D eigenvalue weighted by Gasteiger charge is 2.17. The number of ether oxygens (including phenoxy) is 2. The SMILES string of the molecule is COc1cc(C(=Nc2ccc(-c3noc(C)n3)cc2)C(=NC(=O)O)SC)ccc1OCC#N. The van der Waals surface area contributed by atoms with Crippen LogP contribution in [0.2, 0.25) is 0 Å². The lowest BCUT2D eigenvalue weighted by molar-refractivity contribution is 0.206. The lowest BCUT2D eigenvalue weighted by atomic mass is 10.1. The van der Waals surface area contributed by atoms with E-state index in [2.05, 4.69) is 20.1 Å². The monoisotopic (exact) mass is 465 g/mol. The van der Waals surface area contributed by atoms with Gasteiger partial charge in [0, 0.05) is 18.1 Å². The van der Waals surface area contributed by atoms with Crippen LogP contribution in [-0.4, -0.2) is 52.1 Å². The highest BCUT2D eigenvalue weighted by molar-refractivity contribution is 8.15. The molecule has 10 nitrogen and oxygen atoms in total. The number of hydrogen-bond donors (Lipinski definition) is 1. The number of thioether (sulfide) groups is 1. The van der Waals surface area contributed by atoms with Gasteiger partial charge in [-0.3, -0.25) is 0 Å². The molecule has 0 saturated heterocycles. The molecule has 1 heterocycles. The number of rotatable bonds is 7. The summed E-state index contributed by atoms with van der Waals surface area (Å²) in [6, 6.07) is 13.9. The molecule has 0 saturated carbocycles. The summed E-state index contributed by atoms with van der Waals surface area (Å²) < 4.78 is 15.7. The average molecular weight is 465 g/mol. The van der Waals surface area contributed by atoms with E-state index in [4.69, 9.17) is 19.3 Å². The molecule has 0 bridgehead atoms. The van der Waals surface area contributed by atoms with Crippen molar-refractivity contribution in [2.24, 2.45) is 9.98 Å². The number of methoxy groups -OCH3 is 1. The van der Waals surface area contributed by atoms with Crippen molar-refractivity contribution in [1.29, 1.82) is 5.26 Å². The number of nitrogens with zero attached hydrogens (tertiary/aromatic N) is 5. The number of nitriles is 1. The maximum absolute atomic E-state index is 11.3. The molecule has 1 aromatic heterocycles. The Balaban J connectivity index is 2.06. The molecule has 0 aliphatic heterocycles. The summed E-state index contributed by atoms with van der Waals surface area (Å²) in [5.41, 5.74) is 2.20. The minimum atomic E-state index is -1.34. The summed E-state index contributed by atoms with van der Waals surface area (Å²) in [6.45, 7) is 1.57. The zero-order valence-corrected chi connectivity index (χ0v) is 18.8. The Morgan fingerprint density at radius 3 is 2.58 bits per heavy atom. The molecule has 2 aromatic carbocycles. The number of aliphatic imine (C=N–C) groups is 2. The Hall–Kier alpha value is -4.17. The van der Waals surface area contributed by atoms with E-state index < -0.39 is 6.09 Å². The van der Waals surface area contributed by atoms with Crippen molar-refractivity contribution < 1.29 is 23.9 Å². The van der Waals surface area contributed by atoms with Gasteiger partial charge in [0.2, 0.25) is 11.7 Å². The molecule has 3 rings (SSSR count). The molecule has 0 spiro atoms. The van der Waals surface area contributed by atoms with E-state index in [1.54, 1.807) is 55.6 Å². The molecular formula is C22H19N5O5S. The number of amides is 1. The van der Waals surface area contributed by atoms with Crippen LogP contribution in [0.15, 0.2) is 57.0 Å². The molecule has 0 aliphatic carbocycles. The first kappa shape index (κ1) is 23.5. The molecule has 168 valence electrons. The van der Waals surface area contributed by atoms with Crippen molar-refractivity contribution in [2.75, 3.05) is 20.0 Å². The number of carboxylic acid groups (broad SMARTS) is 1. The largest absolute Gasteiger partial charge is 0.493 e. The lowest BCUT2D eigenvalue weighted by Gasteiger charge is -2.13. The third-order valence-corrected chi connectivity index (χ3v) is 4.89. The first-order valence-electron chi connectivity index (χ1n) is 9.48. The van der Waals surface area contributed by atoms with Crippen molar-refractivity contribution in [3.63, 3.8) is 0 Å². The minimum absolute atomic E-state index is 0.139. The Labute approximate surface area is 193 Å². The van der Waals surface area contributed by atoms with Crippen molar-refractivity contribution in [3.8, 4) is 29.0 Å². The van der Waals surface area contributed by atoms with Crippen LogP contribution in [0.5, 0.6) is 11.5 Å². The van der Waals surface area contributed by atoms with Gasteiger partial charge < -0.3 is 19.1 Å². The van der Waals surface area contributed by atoms with Crippen LogP contribution in [0.3, 0.4) is 0 Å². The maximum atomic E-state index is 11.3. The molecule has 0 unspecified atom stereocenters. The fourth-order valence-electron chi connectivity index (χ4n) is 2.79. The first-order chi connectivity index (χ1) is 15.9. The number of aromatic nitrogens is 2. The molecule has 3 aromatic rings. The van der Waals surface area contributed by atoms with Gasteiger partial charge in [-0.2, -0.15) is 15.2 Å². The Morgan fingerprint density at radius 1 is 1.24 bits per heavy atom. The predicted octanol–water partition coefficient (Wildman–Crippen LogP) is 4.52. The molecule has 1 amide bonds. The molecule has 11 heteroatoms. The summed E-state index contributed by atoms with van der Waals surface area (Å²) in [7, 11) is 1.47. The molecule has 0 aliphatic rings. The highest BCUT2D eigenvalue weighted by Crippen LogP contribution is 2.30. The molecule has 1 N–H and O–H groups in total. The van der Waals surface area contributed by atoms with Crippen molar-refractivity contribution in [2.45, 2.75) is 6.92 Å². The van der Waals surface area contributed by atoms with E-state index in [-0.39, 0.29) is 11.7 Å². The van der Waals surface area contributed by atoms with Crippen molar-refractivity contribution >= 4 is 34.3 Å². The van der Waals surface area contributed by atoms with Gasteiger partial charge in [0.15, 0.2) is 18.1 Å². The van der Waals surface area contributed by atoms with Crippen molar-refractivity contribution in [1.82, 2.24) is 10.1 Å². The van der Waals surface area contributed by atoms with Gasteiger partial charge in [-0.1, -0.05) is 5.16 Å². The van der Waals surface area contributed by atoms with Crippen LogP contribution >= 0.6 is 11.8 Å². The van der Waals surface area contributed by atoms with Gasteiger partial charge in [-0.25, -0.2) is 9.79 Å². The van der Waals surface area contributed by atoms with Crippen LogP contribution in [-0.2, 0) is 0 Å². The number of carbonyl (C=O) groups is 1. The van der Waals surface area contributed by atoms with Gasteiger partial charge in [-0.05, 0) is 48.7 Å². The standard InChI is InChI=1S/C22H19N5O5S/c1-13-24-20(27-32-13)14-4-7-16(8-5-14)25-19(21(33-3)26-22(28)29)15-6-9-17(31-11-10-23)18(12-15)30-2/h4-9,12H,11H2,1-3H3,(H,28,29). The number of aryl methyl sites for hydroxylation is 1. The molecule has 0 atom stereocenters. The van der Waals surface area contributed by atoms with Gasteiger partial charge in [0.25, 0.3) is 0 Å². The zero-order chi connectivity index (χ0) is 23.8. The van der Waals surface area contributed by atoms with Crippen LogP contribution in [0.1, 0.15) is 11.5 Å². The summed E-state index contributed by atoms with van der Waals surface area (Å²) in [5, 5.41) is 22.1. The van der Waals surface area contributed by atoms with E-state index in [1.807, 2.05) is 6.07 Å². The molecule has 0 radical (unpaired) electrons. The van der Waals surface area contributed by atoms with Crippen LogP contribution in [0, 0.1) is 18.3 Å². The Kier molecular flexibility index (Phi) is 7.77.